The highest BCUT2D eigenvalue weighted by Gasteiger charge is 2.39. The molecule has 2 saturated heterocycles. The number of hydrogen-bond donors (Lipinski definition) is 1. The van der Waals surface area contributed by atoms with E-state index in [4.69, 9.17) is 11.6 Å². The molecule has 2 fully saturated rings. The zero-order valence-corrected chi connectivity index (χ0v) is 23.0. The number of hydrogen-bond acceptors (Lipinski definition) is 4. The van der Waals surface area contributed by atoms with Gasteiger partial charge in [-0.05, 0) is 91.5 Å². The molecule has 0 radical (unpaired) electrons. The van der Waals surface area contributed by atoms with E-state index < -0.39 is 0 Å². The van der Waals surface area contributed by atoms with Crippen LogP contribution in [0.4, 0.5) is 5.69 Å². The van der Waals surface area contributed by atoms with Gasteiger partial charge >= 0.3 is 0 Å². The highest BCUT2D eigenvalue weighted by Crippen LogP contribution is 2.42. The summed E-state index contributed by atoms with van der Waals surface area (Å²) in [6.45, 7) is 4.29. The van der Waals surface area contributed by atoms with Gasteiger partial charge in [0.05, 0.1) is 22.5 Å². The van der Waals surface area contributed by atoms with E-state index >= 15 is 0 Å². The summed E-state index contributed by atoms with van der Waals surface area (Å²) in [5.74, 6) is 0.176. The molecular weight excluding hydrogens is 508 g/mol. The highest BCUT2D eigenvalue weighted by atomic mass is 35.5. The molecule has 1 N–H and O–H groups in total. The van der Waals surface area contributed by atoms with Crippen molar-refractivity contribution in [2.45, 2.75) is 44.4 Å². The maximum Gasteiger partial charge on any atom is 0.253 e. The van der Waals surface area contributed by atoms with Crippen molar-refractivity contribution in [2.75, 3.05) is 37.6 Å². The second-order valence-corrected chi connectivity index (χ2v) is 11.7. The molecule has 1 aromatic heterocycles. The fourth-order valence-electron chi connectivity index (χ4n) is 6.64. The molecular formula is C32H35ClN4O2. The van der Waals surface area contributed by atoms with Crippen LogP contribution in [0, 0.1) is 5.41 Å². The van der Waals surface area contributed by atoms with E-state index in [1.807, 2.05) is 41.6 Å². The minimum Gasteiger partial charge on any atom is -0.370 e. The van der Waals surface area contributed by atoms with Gasteiger partial charge in [-0.1, -0.05) is 29.8 Å². The Morgan fingerprint density at radius 2 is 1.74 bits per heavy atom. The summed E-state index contributed by atoms with van der Waals surface area (Å²) in [4.78, 5) is 35.0. The third-order valence-corrected chi connectivity index (χ3v) is 9.50. The van der Waals surface area contributed by atoms with E-state index in [1.54, 1.807) is 12.1 Å². The SMILES string of the molecule is O=C(NCC1CCc2ccc(C(=O)N3CCC4(CC3)CCN(c3cccnc3)CC4)cc21)c1ccccc1Cl. The van der Waals surface area contributed by atoms with E-state index in [-0.39, 0.29) is 17.7 Å². The van der Waals surface area contributed by atoms with Crippen LogP contribution in [0.15, 0.2) is 67.0 Å². The van der Waals surface area contributed by atoms with Gasteiger partial charge in [0.25, 0.3) is 11.8 Å². The van der Waals surface area contributed by atoms with Crippen LogP contribution in [0.3, 0.4) is 0 Å². The number of likely N-dealkylation sites (tertiary alicyclic amines) is 1. The molecule has 2 aliphatic heterocycles. The van der Waals surface area contributed by atoms with Crippen molar-refractivity contribution in [3.8, 4) is 0 Å². The zero-order valence-electron chi connectivity index (χ0n) is 22.2. The van der Waals surface area contributed by atoms with Gasteiger partial charge in [0.1, 0.15) is 0 Å². The Hall–Kier alpha value is -3.38. The Morgan fingerprint density at radius 3 is 2.49 bits per heavy atom. The van der Waals surface area contributed by atoms with Crippen LogP contribution in [0.1, 0.15) is 69.9 Å². The van der Waals surface area contributed by atoms with E-state index in [0.717, 1.165) is 57.4 Å². The second kappa shape index (κ2) is 11.0. The van der Waals surface area contributed by atoms with Crippen molar-refractivity contribution in [2.24, 2.45) is 5.41 Å². The quantitative estimate of drug-likeness (QED) is 0.448. The lowest BCUT2D eigenvalue weighted by atomic mass is 9.71. The highest BCUT2D eigenvalue weighted by molar-refractivity contribution is 6.33. The maximum absolute atomic E-state index is 13.5. The number of anilines is 1. The molecule has 2 amide bonds. The summed E-state index contributed by atoms with van der Waals surface area (Å²) >= 11 is 6.20. The number of halogens is 1. The normalized spacial score (nSPS) is 20.1. The number of nitrogens with zero attached hydrogens (tertiary/aromatic N) is 3. The lowest BCUT2D eigenvalue weighted by Crippen LogP contribution is -2.48. The summed E-state index contributed by atoms with van der Waals surface area (Å²) in [5.41, 5.74) is 5.28. The minimum absolute atomic E-state index is 0.131. The van der Waals surface area contributed by atoms with E-state index in [1.165, 1.54) is 29.7 Å². The predicted octanol–water partition coefficient (Wildman–Crippen LogP) is 5.72. The molecule has 2 aromatic carbocycles. The van der Waals surface area contributed by atoms with Crippen molar-refractivity contribution in [1.82, 2.24) is 15.2 Å². The molecule has 1 atom stereocenters. The van der Waals surface area contributed by atoms with Gasteiger partial charge in [-0.3, -0.25) is 14.6 Å². The Morgan fingerprint density at radius 1 is 0.974 bits per heavy atom. The molecule has 3 heterocycles. The molecule has 0 saturated carbocycles. The Bertz CT molecular complexity index is 1340. The third kappa shape index (κ3) is 5.40. The van der Waals surface area contributed by atoms with Crippen LogP contribution in [0.25, 0.3) is 0 Å². The van der Waals surface area contributed by atoms with Crippen LogP contribution in [-0.2, 0) is 6.42 Å². The zero-order chi connectivity index (χ0) is 26.8. The first-order valence-corrected chi connectivity index (χ1v) is 14.5. The number of amides is 2. The number of rotatable bonds is 5. The van der Waals surface area contributed by atoms with E-state index in [0.29, 0.717) is 22.5 Å². The molecule has 202 valence electrons. The van der Waals surface area contributed by atoms with Gasteiger partial charge in [-0.25, -0.2) is 0 Å². The molecule has 0 bridgehead atoms. The van der Waals surface area contributed by atoms with Crippen molar-refractivity contribution < 1.29 is 9.59 Å². The predicted molar refractivity (Wildman–Crippen MR) is 155 cm³/mol. The number of carbonyl (C=O) groups excluding carboxylic acids is 2. The average Bonchev–Trinajstić information content (AvgIpc) is 3.39. The lowest BCUT2D eigenvalue weighted by Gasteiger charge is -2.47. The minimum atomic E-state index is -0.158. The second-order valence-electron chi connectivity index (χ2n) is 11.3. The standard InChI is InChI=1S/C32H35ClN4O2/c33-29-6-2-1-5-27(29)30(38)35-21-25-10-8-23-7-9-24(20-28(23)25)31(39)37-18-13-32(14-19-37)11-16-36(17-12-32)26-4-3-15-34-22-26/h1-7,9,15,20,22,25H,8,10-14,16-19,21H2,(H,35,38). The molecule has 7 heteroatoms. The van der Waals surface area contributed by atoms with Gasteiger partial charge in [0, 0.05) is 50.4 Å². The van der Waals surface area contributed by atoms with Crippen LogP contribution in [-0.4, -0.2) is 54.4 Å². The molecule has 1 aliphatic carbocycles. The van der Waals surface area contributed by atoms with E-state index in [9.17, 15) is 9.59 Å². The van der Waals surface area contributed by atoms with Crippen molar-refractivity contribution >= 4 is 29.1 Å². The number of piperidine rings is 2. The summed E-state index contributed by atoms with van der Waals surface area (Å²) in [5, 5.41) is 3.51. The van der Waals surface area contributed by atoms with Crippen LogP contribution in [0.5, 0.6) is 0 Å². The van der Waals surface area contributed by atoms with Crippen molar-refractivity contribution in [3.63, 3.8) is 0 Å². The summed E-state index contributed by atoms with van der Waals surface area (Å²) in [6.07, 6.45) is 10.2. The number of aromatic nitrogens is 1. The van der Waals surface area contributed by atoms with Crippen LogP contribution >= 0.6 is 11.6 Å². The summed E-state index contributed by atoms with van der Waals surface area (Å²) < 4.78 is 0. The smallest absolute Gasteiger partial charge is 0.253 e. The lowest BCUT2D eigenvalue weighted by molar-refractivity contribution is 0.0514. The topological polar surface area (TPSA) is 65.5 Å². The monoisotopic (exact) mass is 542 g/mol. The molecule has 1 spiro atoms. The van der Waals surface area contributed by atoms with Gasteiger partial charge in [0.2, 0.25) is 0 Å². The first-order chi connectivity index (χ1) is 19.0. The van der Waals surface area contributed by atoms with Crippen molar-refractivity contribution in [1.29, 1.82) is 0 Å². The summed E-state index contributed by atoms with van der Waals surface area (Å²) in [7, 11) is 0. The van der Waals surface area contributed by atoms with Gasteiger partial charge in [-0.2, -0.15) is 0 Å². The fourth-order valence-corrected chi connectivity index (χ4v) is 6.86. The number of benzene rings is 2. The number of nitrogens with one attached hydrogen (secondary N) is 1. The first-order valence-electron chi connectivity index (χ1n) is 14.1. The van der Waals surface area contributed by atoms with Crippen molar-refractivity contribution in [3.05, 3.63) is 94.3 Å². The average molecular weight is 543 g/mol. The molecule has 1 unspecified atom stereocenters. The molecule has 3 aromatic rings. The Labute approximate surface area is 235 Å². The largest absolute Gasteiger partial charge is 0.370 e. The summed E-state index contributed by atoms with van der Waals surface area (Å²) in [6, 6.07) is 17.4. The van der Waals surface area contributed by atoms with Gasteiger partial charge in [0.15, 0.2) is 0 Å². The van der Waals surface area contributed by atoms with Gasteiger partial charge in [-0.15, -0.1) is 0 Å². The fraction of sp³-hybridized carbons (Fsp3) is 0.406. The maximum atomic E-state index is 13.5. The Kier molecular flexibility index (Phi) is 7.30. The van der Waals surface area contributed by atoms with E-state index in [2.05, 4.69) is 33.4 Å². The van der Waals surface area contributed by atoms with Gasteiger partial charge < -0.3 is 15.1 Å². The number of carbonyl (C=O) groups is 2. The number of aryl methyl sites for hydroxylation is 1. The van der Waals surface area contributed by atoms with Crippen LogP contribution in [0.2, 0.25) is 5.02 Å². The van der Waals surface area contributed by atoms with Crippen LogP contribution < -0.4 is 10.2 Å². The number of fused-ring (bicyclic) bond motifs is 1. The molecule has 39 heavy (non-hydrogen) atoms. The third-order valence-electron chi connectivity index (χ3n) is 9.17. The number of pyridine rings is 1. The molecule has 6 nitrogen and oxygen atoms in total. The molecule has 6 rings (SSSR count). The Balaban J connectivity index is 1.05. The molecule has 3 aliphatic rings. The first kappa shape index (κ1) is 25.9.